The van der Waals surface area contributed by atoms with Crippen molar-refractivity contribution in [2.45, 2.75) is 78.3 Å². The Morgan fingerprint density at radius 1 is 1.17 bits per heavy atom. The third-order valence-corrected chi connectivity index (χ3v) is 6.23. The van der Waals surface area contributed by atoms with E-state index in [4.69, 9.17) is 9.47 Å². The molecule has 0 saturated carbocycles. The lowest BCUT2D eigenvalue weighted by Crippen LogP contribution is -2.56. The van der Waals surface area contributed by atoms with Crippen molar-refractivity contribution < 1.29 is 34.1 Å². The monoisotopic (exact) mass is 428 g/mol. The topological polar surface area (TPSA) is 146 Å². The van der Waals surface area contributed by atoms with Gasteiger partial charge in [-0.25, -0.2) is 0 Å². The molecule has 1 aliphatic rings. The summed E-state index contributed by atoms with van der Waals surface area (Å²) in [5.74, 6) is -5.84. The van der Waals surface area contributed by atoms with Crippen LogP contribution in [0, 0.1) is 28.9 Å². The van der Waals surface area contributed by atoms with Gasteiger partial charge in [-0.1, -0.05) is 20.8 Å². The maximum atomic E-state index is 12.8. The number of esters is 1. The molecule has 2 N–H and O–H groups in total. The van der Waals surface area contributed by atoms with Crippen molar-refractivity contribution in [3.8, 4) is 0 Å². The maximum absolute atomic E-state index is 12.8. The third-order valence-electron chi connectivity index (χ3n) is 6.23. The minimum Gasteiger partial charge on any atom is -0.792 e. The number of nitrogens with zero attached hydrogens (tertiary/aromatic N) is 1. The van der Waals surface area contributed by atoms with Crippen LogP contribution in [0.2, 0.25) is 0 Å². The molecular weight excluding hydrogens is 394 g/mol. The fraction of sp³-hybridized carbons (Fsp3) is 0.810. The molecule has 0 aromatic rings. The first-order valence-corrected chi connectivity index (χ1v) is 10.3. The average Bonchev–Trinajstić information content (AvgIpc) is 2.72. The van der Waals surface area contributed by atoms with Gasteiger partial charge in [0.2, 0.25) is 0 Å². The van der Waals surface area contributed by atoms with E-state index in [1.54, 1.807) is 13.8 Å². The van der Waals surface area contributed by atoms with E-state index in [1.165, 1.54) is 34.8 Å². The van der Waals surface area contributed by atoms with Gasteiger partial charge in [0, 0.05) is 18.7 Å². The number of methoxy groups -OCH3 is 1. The second kappa shape index (κ2) is 10.5. The molecule has 0 aliphatic carbocycles. The minimum absolute atomic E-state index is 0.0446. The Morgan fingerprint density at radius 3 is 2.20 bits per heavy atom. The third kappa shape index (κ3) is 5.25. The molecule has 0 radical (unpaired) electrons. The first-order valence-electron chi connectivity index (χ1n) is 10.3. The molecule has 0 bridgehead atoms. The lowest BCUT2D eigenvalue weighted by Gasteiger charge is -2.40. The number of ketones is 2. The Kier molecular flexibility index (Phi) is 9.13. The Bertz CT molecular complexity index is 674. The molecule has 0 aromatic heterocycles. The number of hydrogen-bond acceptors (Lipinski definition) is 9. The number of aliphatic hydroxyl groups excluding tert-OH is 1. The largest absolute Gasteiger partial charge is 0.792 e. The molecule has 1 saturated heterocycles. The number of cyclic esters (lactones) is 1. The molecule has 0 aromatic carbocycles. The predicted molar refractivity (Wildman–Crippen MR) is 110 cm³/mol. The van der Waals surface area contributed by atoms with Crippen LogP contribution in [0.4, 0.5) is 0 Å². The Morgan fingerprint density at radius 2 is 1.73 bits per heavy atom. The summed E-state index contributed by atoms with van der Waals surface area (Å²) in [6.45, 7) is 8.90. The standard InChI is InChI=1S/C21H35NO8/c1-8-15-21(6,27)19(25)11(3)16(22-28)10(2)9-14(29-7)18(24)12(4)17(23)13(5)20(26)30-15/h10-15,19,25,27-28H,8-9H2,1-7H3/p-1/b22-16+/t10-,11+,12+,13-,14-,15-,19-,21-/m1/s1. The number of Topliss-reactive ketones (excluding diaryl/α,β-unsaturated/α-hetero) is 2. The molecule has 1 aliphatic heterocycles. The van der Waals surface area contributed by atoms with Crippen molar-refractivity contribution in [2.75, 3.05) is 7.11 Å². The lowest BCUT2D eigenvalue weighted by molar-refractivity contribution is -0.186. The van der Waals surface area contributed by atoms with Crippen molar-refractivity contribution in [3.63, 3.8) is 0 Å². The highest BCUT2D eigenvalue weighted by Crippen LogP contribution is 2.31. The maximum Gasteiger partial charge on any atom is 0.316 e. The van der Waals surface area contributed by atoms with Gasteiger partial charge in [-0.05, 0) is 39.5 Å². The van der Waals surface area contributed by atoms with Crippen molar-refractivity contribution in [3.05, 3.63) is 5.21 Å². The number of carbonyl (C=O) groups is 3. The van der Waals surface area contributed by atoms with E-state index in [-0.39, 0.29) is 18.6 Å². The summed E-state index contributed by atoms with van der Waals surface area (Å²) in [5, 5.41) is 36.5. The zero-order valence-electron chi connectivity index (χ0n) is 18.7. The van der Waals surface area contributed by atoms with E-state index in [9.17, 15) is 29.8 Å². The van der Waals surface area contributed by atoms with E-state index in [2.05, 4.69) is 5.16 Å². The van der Waals surface area contributed by atoms with Crippen LogP contribution < -0.4 is 0 Å². The second-order valence-electron chi connectivity index (χ2n) is 8.42. The van der Waals surface area contributed by atoms with Crippen LogP contribution in [0.1, 0.15) is 54.4 Å². The number of aliphatic hydroxyl groups is 2. The van der Waals surface area contributed by atoms with Gasteiger partial charge in [0.05, 0.1) is 12.0 Å². The Balaban J connectivity index is 3.50. The molecule has 0 amide bonds. The van der Waals surface area contributed by atoms with Crippen molar-refractivity contribution in [2.24, 2.45) is 28.8 Å². The van der Waals surface area contributed by atoms with Gasteiger partial charge in [-0.2, -0.15) is 0 Å². The highest BCUT2D eigenvalue weighted by molar-refractivity contribution is 6.10. The summed E-state index contributed by atoms with van der Waals surface area (Å²) >= 11 is 0. The van der Waals surface area contributed by atoms with Crippen molar-refractivity contribution in [1.82, 2.24) is 0 Å². The second-order valence-corrected chi connectivity index (χ2v) is 8.42. The van der Waals surface area contributed by atoms with Crippen LogP contribution in [-0.2, 0) is 23.9 Å². The summed E-state index contributed by atoms with van der Waals surface area (Å²) in [6.07, 6.45) is -3.42. The SMILES string of the molecule is CC[C@H]1OC(=O)[C@H](C)C(=O)[C@H](C)C(=O)[C@H](OC)C[C@@H](C)/C(=N\[O-])[C@H](C)[C@@H](O)[C@]1(C)O. The zero-order valence-corrected chi connectivity index (χ0v) is 18.7. The highest BCUT2D eigenvalue weighted by atomic mass is 16.6. The Hall–Kier alpha value is -1.84. The molecule has 8 atom stereocenters. The number of carbonyl (C=O) groups excluding carboxylic acids is 3. The smallest absolute Gasteiger partial charge is 0.316 e. The summed E-state index contributed by atoms with van der Waals surface area (Å²) < 4.78 is 10.6. The van der Waals surface area contributed by atoms with Crippen LogP contribution in [0.25, 0.3) is 0 Å². The number of ether oxygens (including phenoxy) is 2. The molecule has 30 heavy (non-hydrogen) atoms. The van der Waals surface area contributed by atoms with E-state index in [0.717, 1.165) is 0 Å². The summed E-state index contributed by atoms with van der Waals surface area (Å²) in [6, 6.07) is 0. The summed E-state index contributed by atoms with van der Waals surface area (Å²) in [7, 11) is 1.32. The van der Waals surface area contributed by atoms with Crippen LogP contribution >= 0.6 is 0 Å². The molecule has 1 heterocycles. The van der Waals surface area contributed by atoms with Gasteiger partial charge >= 0.3 is 5.97 Å². The fourth-order valence-electron chi connectivity index (χ4n) is 4.02. The normalized spacial score (nSPS) is 41.4. The summed E-state index contributed by atoms with van der Waals surface area (Å²) in [5.41, 5.74) is -1.86. The van der Waals surface area contributed by atoms with Crippen molar-refractivity contribution >= 4 is 23.2 Å². The van der Waals surface area contributed by atoms with Crippen LogP contribution in [0.5, 0.6) is 0 Å². The van der Waals surface area contributed by atoms with Crippen LogP contribution in [0.3, 0.4) is 0 Å². The molecule has 0 unspecified atom stereocenters. The van der Waals surface area contributed by atoms with Gasteiger partial charge < -0.3 is 30.0 Å². The highest BCUT2D eigenvalue weighted by Gasteiger charge is 2.46. The van der Waals surface area contributed by atoms with E-state index in [0.29, 0.717) is 0 Å². The number of hydrogen-bond donors (Lipinski definition) is 2. The lowest BCUT2D eigenvalue weighted by atomic mass is 9.77. The zero-order chi connectivity index (χ0) is 23.4. The molecule has 1 rings (SSSR count). The van der Waals surface area contributed by atoms with E-state index < -0.39 is 65.1 Å². The molecule has 9 nitrogen and oxygen atoms in total. The molecule has 172 valence electrons. The minimum atomic E-state index is -1.91. The van der Waals surface area contributed by atoms with Gasteiger partial charge in [-0.15, -0.1) is 0 Å². The molecule has 0 spiro atoms. The average molecular weight is 429 g/mol. The van der Waals surface area contributed by atoms with Gasteiger partial charge in [0.15, 0.2) is 11.6 Å². The first-order chi connectivity index (χ1) is 13.8. The fourth-order valence-corrected chi connectivity index (χ4v) is 4.02. The number of rotatable bonds is 2. The van der Waals surface area contributed by atoms with Crippen LogP contribution in [-0.4, -0.2) is 64.5 Å². The van der Waals surface area contributed by atoms with E-state index >= 15 is 0 Å². The van der Waals surface area contributed by atoms with Gasteiger partial charge in [0.1, 0.15) is 23.7 Å². The quantitative estimate of drug-likeness (QED) is 0.382. The summed E-state index contributed by atoms with van der Waals surface area (Å²) in [4.78, 5) is 38.1. The predicted octanol–water partition coefficient (Wildman–Crippen LogP) is 1.46. The van der Waals surface area contributed by atoms with E-state index in [1.807, 2.05) is 0 Å². The van der Waals surface area contributed by atoms with Crippen LogP contribution in [0.15, 0.2) is 5.16 Å². The molecular formula is C21H34NO8-. The molecule has 9 heteroatoms. The first kappa shape index (κ1) is 26.2. The molecule has 1 fully saturated rings. The Labute approximate surface area is 177 Å². The van der Waals surface area contributed by atoms with Crippen molar-refractivity contribution in [1.29, 1.82) is 0 Å². The van der Waals surface area contributed by atoms with Gasteiger partial charge in [0.25, 0.3) is 0 Å². The van der Waals surface area contributed by atoms with Gasteiger partial charge in [-0.3, -0.25) is 14.4 Å².